The van der Waals surface area contributed by atoms with Crippen molar-refractivity contribution in [1.82, 2.24) is 15.1 Å². The van der Waals surface area contributed by atoms with Crippen LogP contribution < -0.4 is 5.32 Å². The highest BCUT2D eigenvalue weighted by molar-refractivity contribution is 7.12. The molecule has 324 valence electrons. The molecule has 0 radical (unpaired) electrons. The number of carbonyl (C=O) groups is 3. The first-order chi connectivity index (χ1) is 27.7. The number of ketones is 1. The van der Waals surface area contributed by atoms with Gasteiger partial charge in [0.15, 0.2) is 0 Å². The summed E-state index contributed by atoms with van der Waals surface area (Å²) in [5, 5.41) is 3.05. The molecule has 1 aliphatic rings. The quantitative estimate of drug-likeness (QED) is 0.0581. The van der Waals surface area contributed by atoms with E-state index in [9.17, 15) is 14.4 Å². The normalized spacial score (nSPS) is 13.0. The lowest BCUT2D eigenvalue weighted by molar-refractivity contribution is -0.132. The first-order valence-corrected chi connectivity index (χ1v) is 23.9. The van der Waals surface area contributed by atoms with E-state index in [4.69, 9.17) is 0 Å². The fourth-order valence-corrected chi connectivity index (χ4v) is 8.20. The number of Topliss-reactive ketones (excluding diaryl/α,β-unsaturated/α-hetero) is 1. The van der Waals surface area contributed by atoms with Crippen LogP contribution in [0.25, 0.3) is 0 Å². The van der Waals surface area contributed by atoms with Gasteiger partial charge in [-0.1, -0.05) is 127 Å². The highest BCUT2D eigenvalue weighted by atomic mass is 32.1. The largest absolute Gasteiger partial charge is 0.351 e. The standard InChI is InChI=1S/C31H51N3O2S.C19H34O/c1-5-6-7-8-9-10-11-12-13-14-15-16-17-18-19-20-29(35)34-23-21-27-28(25-34)37-26(2)30(27)31(36)32-22-24-33(3)4;1-3-4-5-6-7-8-9-10-11-12-13-14-15-16-17-18-19(2)20/h9-10,12-13H,5-8,11,14-25H2,1-4H3,(H,32,36);7-8,10-11H,3-6,9,12-18H2,1-2H3/b10-9-,13-12-;8-7-,11-10-. The predicted octanol–water partition coefficient (Wildman–Crippen LogP) is 13.4. The van der Waals surface area contributed by atoms with Crippen molar-refractivity contribution in [3.05, 3.63) is 69.5 Å². The Bertz CT molecular complexity index is 1310. The van der Waals surface area contributed by atoms with Crippen molar-refractivity contribution in [3.8, 4) is 0 Å². The molecule has 0 spiro atoms. The fraction of sp³-hybridized carbons (Fsp3) is 0.700. The highest BCUT2D eigenvalue weighted by Gasteiger charge is 2.28. The van der Waals surface area contributed by atoms with Crippen LogP contribution in [0.3, 0.4) is 0 Å². The second kappa shape index (κ2) is 36.3. The summed E-state index contributed by atoms with van der Waals surface area (Å²) >= 11 is 1.68. The first-order valence-electron chi connectivity index (χ1n) is 23.1. The zero-order chi connectivity index (χ0) is 41.8. The number of hydrogen-bond acceptors (Lipinski definition) is 5. The Labute approximate surface area is 355 Å². The number of nitrogens with one attached hydrogen (secondary N) is 1. The maximum atomic E-state index is 12.8. The molecular formula is C50H85N3O3S. The summed E-state index contributed by atoms with van der Waals surface area (Å²) < 4.78 is 0. The zero-order valence-corrected chi connectivity index (χ0v) is 38.5. The summed E-state index contributed by atoms with van der Waals surface area (Å²) in [6.45, 7) is 11.1. The Hall–Kier alpha value is -2.77. The minimum Gasteiger partial charge on any atom is -0.351 e. The number of carbonyl (C=O) groups excluding carboxylic acids is 3. The van der Waals surface area contributed by atoms with Gasteiger partial charge >= 0.3 is 0 Å². The SMILES string of the molecule is CCCCC/C=C\C/C=C\CCCCCCCC(=O)N1CCc2c(sc(C)c2C(=O)NCCN(C)C)C1.CCCCC/C=C\C/C=C\CCCCCCCC(C)=O. The molecule has 0 fully saturated rings. The maximum absolute atomic E-state index is 12.8. The molecule has 0 unspecified atom stereocenters. The molecule has 0 saturated heterocycles. The van der Waals surface area contributed by atoms with Gasteiger partial charge in [-0.15, -0.1) is 11.3 Å². The summed E-state index contributed by atoms with van der Waals surface area (Å²) in [4.78, 5) is 42.6. The molecule has 0 atom stereocenters. The Kier molecular flexibility index (Phi) is 33.3. The van der Waals surface area contributed by atoms with Crippen LogP contribution in [0, 0.1) is 6.92 Å². The van der Waals surface area contributed by atoms with Gasteiger partial charge in [-0.25, -0.2) is 0 Å². The van der Waals surface area contributed by atoms with Gasteiger partial charge in [-0.3, -0.25) is 9.59 Å². The summed E-state index contributed by atoms with van der Waals surface area (Å²) in [7, 11) is 4.01. The van der Waals surface area contributed by atoms with Crippen molar-refractivity contribution in [3.63, 3.8) is 0 Å². The lowest BCUT2D eigenvalue weighted by atomic mass is 10.0. The molecule has 7 heteroatoms. The van der Waals surface area contributed by atoms with Crippen LogP contribution in [0.2, 0.25) is 0 Å². The molecule has 1 aliphatic heterocycles. The lowest BCUT2D eigenvalue weighted by Gasteiger charge is -2.27. The third-order valence-corrected chi connectivity index (χ3v) is 11.6. The number of likely N-dealkylation sites (N-methyl/N-ethyl adjacent to an activating group) is 1. The van der Waals surface area contributed by atoms with Crippen molar-refractivity contribution in [1.29, 1.82) is 0 Å². The van der Waals surface area contributed by atoms with E-state index in [0.29, 0.717) is 25.3 Å². The van der Waals surface area contributed by atoms with Crippen LogP contribution in [-0.2, 0) is 22.6 Å². The van der Waals surface area contributed by atoms with Gasteiger partial charge in [0.1, 0.15) is 5.78 Å². The topological polar surface area (TPSA) is 69.7 Å². The van der Waals surface area contributed by atoms with E-state index >= 15 is 0 Å². The molecule has 1 N–H and O–H groups in total. The molecule has 1 aromatic heterocycles. The summed E-state index contributed by atoms with van der Waals surface area (Å²) in [5.41, 5.74) is 2.01. The highest BCUT2D eigenvalue weighted by Crippen LogP contribution is 2.33. The third kappa shape index (κ3) is 28.3. The third-order valence-electron chi connectivity index (χ3n) is 10.5. The molecule has 57 heavy (non-hydrogen) atoms. The van der Waals surface area contributed by atoms with Gasteiger partial charge in [0.05, 0.1) is 12.1 Å². The van der Waals surface area contributed by atoms with E-state index < -0.39 is 0 Å². The zero-order valence-electron chi connectivity index (χ0n) is 37.7. The number of fused-ring (bicyclic) bond motifs is 1. The Balaban J connectivity index is 0.000000688. The van der Waals surface area contributed by atoms with Gasteiger partial charge in [-0.05, 0) is 117 Å². The Morgan fingerprint density at radius 2 is 1.14 bits per heavy atom. The average molecular weight is 808 g/mol. The second-order valence-corrected chi connectivity index (χ2v) is 17.5. The van der Waals surface area contributed by atoms with E-state index in [1.165, 1.54) is 108 Å². The summed E-state index contributed by atoms with van der Waals surface area (Å²) in [6, 6.07) is 0. The number of thiophene rings is 1. The van der Waals surface area contributed by atoms with Gasteiger partial charge in [0.25, 0.3) is 5.91 Å². The van der Waals surface area contributed by atoms with Crippen LogP contribution in [-0.4, -0.2) is 61.1 Å². The first kappa shape index (κ1) is 52.2. The molecule has 2 amide bonds. The average Bonchev–Trinajstić information content (AvgIpc) is 3.52. The number of hydrogen-bond donors (Lipinski definition) is 1. The van der Waals surface area contributed by atoms with Crippen molar-refractivity contribution < 1.29 is 14.4 Å². The van der Waals surface area contributed by atoms with E-state index in [1.54, 1.807) is 18.3 Å². The number of rotatable bonds is 32. The number of amides is 2. The van der Waals surface area contributed by atoms with E-state index in [0.717, 1.165) is 80.5 Å². The molecule has 1 aromatic rings. The lowest BCUT2D eigenvalue weighted by Crippen LogP contribution is -2.36. The Morgan fingerprint density at radius 3 is 1.63 bits per heavy atom. The molecule has 2 heterocycles. The van der Waals surface area contributed by atoms with Crippen LogP contribution in [0.15, 0.2) is 48.6 Å². The second-order valence-electron chi connectivity index (χ2n) is 16.2. The molecule has 0 bridgehead atoms. The molecule has 6 nitrogen and oxygen atoms in total. The van der Waals surface area contributed by atoms with E-state index in [-0.39, 0.29) is 11.8 Å². The minimum atomic E-state index is 0.0294. The smallest absolute Gasteiger partial charge is 0.252 e. The number of aryl methyl sites for hydroxylation is 1. The maximum Gasteiger partial charge on any atom is 0.252 e. The molecule has 0 aromatic carbocycles. The van der Waals surface area contributed by atoms with Crippen molar-refractivity contribution >= 4 is 28.9 Å². The van der Waals surface area contributed by atoms with Gasteiger partial charge in [-0.2, -0.15) is 0 Å². The number of unbranched alkanes of at least 4 members (excludes halogenated alkanes) is 16. The Morgan fingerprint density at radius 1 is 0.667 bits per heavy atom. The van der Waals surface area contributed by atoms with Gasteiger partial charge in [0, 0.05) is 42.2 Å². The van der Waals surface area contributed by atoms with Crippen molar-refractivity contribution in [2.45, 2.75) is 195 Å². The molecule has 0 saturated carbocycles. The van der Waals surface area contributed by atoms with Gasteiger partial charge in [0.2, 0.25) is 5.91 Å². The van der Waals surface area contributed by atoms with Gasteiger partial charge < -0.3 is 19.9 Å². The summed E-state index contributed by atoms with van der Waals surface area (Å²) in [5.74, 6) is 0.622. The van der Waals surface area contributed by atoms with Crippen molar-refractivity contribution in [2.75, 3.05) is 33.7 Å². The predicted molar refractivity (Wildman–Crippen MR) is 248 cm³/mol. The van der Waals surface area contributed by atoms with Crippen LogP contribution >= 0.6 is 11.3 Å². The number of allylic oxidation sites excluding steroid dienone is 8. The van der Waals surface area contributed by atoms with E-state index in [2.05, 4.69) is 72.7 Å². The molecular weight excluding hydrogens is 723 g/mol. The fourth-order valence-electron chi connectivity index (χ4n) is 6.96. The van der Waals surface area contributed by atoms with Crippen LogP contribution in [0.1, 0.15) is 201 Å². The summed E-state index contributed by atoms with van der Waals surface area (Å²) in [6.07, 6.45) is 47.4. The number of nitrogens with zero attached hydrogens (tertiary/aromatic N) is 2. The van der Waals surface area contributed by atoms with Crippen LogP contribution in [0.4, 0.5) is 0 Å². The van der Waals surface area contributed by atoms with Crippen LogP contribution in [0.5, 0.6) is 0 Å². The van der Waals surface area contributed by atoms with Crippen molar-refractivity contribution in [2.24, 2.45) is 0 Å². The van der Waals surface area contributed by atoms with E-state index in [1.807, 2.05) is 25.9 Å². The molecule has 0 aliphatic carbocycles. The molecule has 2 rings (SSSR count). The minimum absolute atomic E-state index is 0.0294. The monoisotopic (exact) mass is 808 g/mol.